The molecule has 110 valence electrons. The predicted molar refractivity (Wildman–Crippen MR) is 87.7 cm³/mol. The van der Waals surface area contributed by atoms with Gasteiger partial charge in [-0.25, -0.2) is 0 Å². The van der Waals surface area contributed by atoms with Crippen molar-refractivity contribution in [3.05, 3.63) is 58.6 Å². The Kier molecular flexibility index (Phi) is 3.92. The van der Waals surface area contributed by atoms with Crippen LogP contribution in [0.15, 0.2) is 42.5 Å². The number of fused-ring (bicyclic) bond motifs is 2. The summed E-state index contributed by atoms with van der Waals surface area (Å²) in [4.78, 5) is 2.22. The van der Waals surface area contributed by atoms with Gasteiger partial charge in [-0.3, -0.25) is 0 Å². The zero-order valence-electron chi connectivity index (χ0n) is 12.6. The minimum atomic E-state index is 0.359. The van der Waals surface area contributed by atoms with Crippen molar-refractivity contribution < 1.29 is 4.74 Å². The molecule has 2 atom stereocenters. The number of likely N-dealkylation sites (N-methyl/N-ethyl adjacent to an activating group) is 1. The average molecular weight is 302 g/mol. The lowest BCUT2D eigenvalue weighted by Gasteiger charge is -2.26. The molecule has 0 bridgehead atoms. The number of hydrogen-bond acceptors (Lipinski definition) is 2. The van der Waals surface area contributed by atoms with Gasteiger partial charge in [-0.15, -0.1) is 0 Å². The molecule has 0 amide bonds. The van der Waals surface area contributed by atoms with Gasteiger partial charge >= 0.3 is 0 Å². The van der Waals surface area contributed by atoms with Gasteiger partial charge < -0.3 is 9.64 Å². The first-order valence-electron chi connectivity index (χ1n) is 7.27. The fourth-order valence-electron chi connectivity index (χ4n) is 3.11. The lowest BCUT2D eigenvalue weighted by molar-refractivity contribution is 0.352. The molecule has 0 radical (unpaired) electrons. The molecule has 0 aliphatic carbocycles. The summed E-state index contributed by atoms with van der Waals surface area (Å²) in [5.74, 6) is 2.61. The van der Waals surface area contributed by atoms with Gasteiger partial charge in [0.2, 0.25) is 0 Å². The summed E-state index contributed by atoms with van der Waals surface area (Å²) in [6.45, 7) is 3.23. The standard InChI is InChI=1S/C18H20ClNO/c1-12-14-6-4-5-7-17(14)21-18-9-8-13(19)10-15(18)16(12)11-20(2)3/h4-10,12,16H,11H2,1-3H3. The Bertz CT molecular complexity index is 653. The van der Waals surface area contributed by atoms with E-state index in [4.69, 9.17) is 16.3 Å². The molecule has 1 aliphatic heterocycles. The molecule has 2 nitrogen and oxygen atoms in total. The highest BCUT2D eigenvalue weighted by molar-refractivity contribution is 6.30. The van der Waals surface area contributed by atoms with E-state index in [9.17, 15) is 0 Å². The van der Waals surface area contributed by atoms with Crippen LogP contribution in [0.1, 0.15) is 29.9 Å². The monoisotopic (exact) mass is 301 g/mol. The summed E-state index contributed by atoms with van der Waals surface area (Å²) >= 11 is 6.22. The Labute approximate surface area is 131 Å². The predicted octanol–water partition coefficient (Wildman–Crippen LogP) is 4.89. The van der Waals surface area contributed by atoms with Crippen LogP contribution in [0.2, 0.25) is 5.02 Å². The van der Waals surface area contributed by atoms with E-state index < -0.39 is 0 Å². The molecule has 0 saturated heterocycles. The topological polar surface area (TPSA) is 12.5 Å². The van der Waals surface area contributed by atoms with Gasteiger partial charge in [-0.05, 0) is 49.8 Å². The van der Waals surface area contributed by atoms with Crippen LogP contribution in [-0.2, 0) is 0 Å². The van der Waals surface area contributed by atoms with Crippen LogP contribution in [0, 0.1) is 0 Å². The number of halogens is 1. The van der Waals surface area contributed by atoms with Gasteiger partial charge in [0, 0.05) is 23.0 Å². The SMILES string of the molecule is CC1c2ccccc2Oc2ccc(Cl)cc2C1CN(C)C. The van der Waals surface area contributed by atoms with Crippen LogP contribution in [0.3, 0.4) is 0 Å². The zero-order chi connectivity index (χ0) is 15.0. The summed E-state index contributed by atoms with van der Waals surface area (Å²) in [6.07, 6.45) is 0. The summed E-state index contributed by atoms with van der Waals surface area (Å²) in [5, 5.41) is 0.763. The van der Waals surface area contributed by atoms with Crippen molar-refractivity contribution in [1.82, 2.24) is 4.90 Å². The normalized spacial score (nSPS) is 20.4. The fraction of sp³-hybridized carbons (Fsp3) is 0.333. The van der Waals surface area contributed by atoms with Gasteiger partial charge in [0.15, 0.2) is 0 Å². The minimum Gasteiger partial charge on any atom is -0.457 e. The third-order valence-electron chi connectivity index (χ3n) is 4.17. The molecule has 2 unspecified atom stereocenters. The van der Waals surface area contributed by atoms with Crippen LogP contribution in [-0.4, -0.2) is 25.5 Å². The Morgan fingerprint density at radius 3 is 2.52 bits per heavy atom. The van der Waals surface area contributed by atoms with Gasteiger partial charge in [0.1, 0.15) is 11.5 Å². The van der Waals surface area contributed by atoms with E-state index in [1.807, 2.05) is 30.3 Å². The van der Waals surface area contributed by atoms with Crippen molar-refractivity contribution in [2.45, 2.75) is 18.8 Å². The number of ether oxygens (including phenoxy) is 1. The highest BCUT2D eigenvalue weighted by Gasteiger charge is 2.30. The molecular formula is C18H20ClNO. The molecule has 0 spiro atoms. The largest absolute Gasteiger partial charge is 0.457 e. The van der Waals surface area contributed by atoms with Crippen LogP contribution in [0.4, 0.5) is 0 Å². The van der Waals surface area contributed by atoms with E-state index >= 15 is 0 Å². The summed E-state index contributed by atoms with van der Waals surface area (Å²) in [7, 11) is 4.21. The zero-order valence-corrected chi connectivity index (χ0v) is 13.4. The molecule has 21 heavy (non-hydrogen) atoms. The van der Waals surface area contributed by atoms with Crippen LogP contribution in [0.25, 0.3) is 0 Å². The van der Waals surface area contributed by atoms with Crippen molar-refractivity contribution in [3.8, 4) is 11.5 Å². The van der Waals surface area contributed by atoms with Crippen molar-refractivity contribution in [2.24, 2.45) is 0 Å². The smallest absolute Gasteiger partial charge is 0.131 e. The Hall–Kier alpha value is -1.51. The van der Waals surface area contributed by atoms with Crippen molar-refractivity contribution in [1.29, 1.82) is 0 Å². The average Bonchev–Trinajstić information content (AvgIpc) is 2.56. The maximum atomic E-state index is 6.22. The number of rotatable bonds is 2. The maximum absolute atomic E-state index is 6.22. The molecule has 0 fully saturated rings. The van der Waals surface area contributed by atoms with E-state index in [1.54, 1.807) is 0 Å². The molecular weight excluding hydrogens is 282 g/mol. The van der Waals surface area contributed by atoms with E-state index in [0.717, 1.165) is 23.1 Å². The molecule has 3 heteroatoms. The number of benzene rings is 2. The van der Waals surface area contributed by atoms with E-state index in [-0.39, 0.29) is 0 Å². The van der Waals surface area contributed by atoms with E-state index in [2.05, 4.69) is 38.1 Å². The number of para-hydroxylation sites is 1. The second-order valence-corrected chi connectivity index (χ2v) is 6.42. The van der Waals surface area contributed by atoms with Gasteiger partial charge in [0.25, 0.3) is 0 Å². The molecule has 2 aromatic rings. The second-order valence-electron chi connectivity index (χ2n) is 5.98. The van der Waals surface area contributed by atoms with Crippen molar-refractivity contribution in [2.75, 3.05) is 20.6 Å². The lowest BCUT2D eigenvalue weighted by atomic mass is 9.82. The molecule has 0 N–H and O–H groups in total. The Balaban J connectivity index is 2.16. The number of nitrogens with zero attached hydrogens (tertiary/aromatic N) is 1. The quantitative estimate of drug-likeness (QED) is 0.782. The summed E-state index contributed by atoms with van der Waals surface area (Å²) in [6, 6.07) is 14.2. The van der Waals surface area contributed by atoms with Crippen LogP contribution >= 0.6 is 11.6 Å². The first kappa shape index (κ1) is 14.4. The van der Waals surface area contributed by atoms with E-state index in [0.29, 0.717) is 11.8 Å². The first-order valence-corrected chi connectivity index (χ1v) is 7.65. The summed E-state index contributed by atoms with van der Waals surface area (Å²) < 4.78 is 6.16. The highest BCUT2D eigenvalue weighted by Crippen LogP contribution is 2.46. The fourth-order valence-corrected chi connectivity index (χ4v) is 3.29. The van der Waals surface area contributed by atoms with Crippen LogP contribution < -0.4 is 4.74 Å². The van der Waals surface area contributed by atoms with Crippen LogP contribution in [0.5, 0.6) is 11.5 Å². The third-order valence-corrected chi connectivity index (χ3v) is 4.40. The second kappa shape index (κ2) is 5.70. The molecule has 0 aromatic heterocycles. The Morgan fingerprint density at radius 1 is 1.05 bits per heavy atom. The first-order chi connectivity index (χ1) is 10.1. The lowest BCUT2D eigenvalue weighted by Crippen LogP contribution is -2.23. The van der Waals surface area contributed by atoms with Crippen molar-refractivity contribution >= 4 is 11.6 Å². The third kappa shape index (κ3) is 2.78. The Morgan fingerprint density at radius 2 is 1.76 bits per heavy atom. The number of hydrogen-bond donors (Lipinski definition) is 0. The molecule has 1 aliphatic rings. The molecule has 1 heterocycles. The highest BCUT2D eigenvalue weighted by atomic mass is 35.5. The van der Waals surface area contributed by atoms with Gasteiger partial charge in [0.05, 0.1) is 0 Å². The van der Waals surface area contributed by atoms with Gasteiger partial charge in [-0.1, -0.05) is 36.7 Å². The molecule has 3 rings (SSSR count). The maximum Gasteiger partial charge on any atom is 0.131 e. The molecule has 0 saturated carbocycles. The summed E-state index contributed by atoms with van der Waals surface area (Å²) in [5.41, 5.74) is 2.46. The van der Waals surface area contributed by atoms with Gasteiger partial charge in [-0.2, -0.15) is 0 Å². The van der Waals surface area contributed by atoms with Crippen molar-refractivity contribution in [3.63, 3.8) is 0 Å². The van der Waals surface area contributed by atoms with E-state index in [1.165, 1.54) is 11.1 Å². The molecule has 2 aromatic carbocycles. The minimum absolute atomic E-state index is 0.359.